The SMILES string of the molecule is CC(C)(C)C(/C=C/c1ccccc1)=N/OCC(=O)O. The number of oxime groups is 1. The monoisotopic (exact) mass is 261 g/mol. The van der Waals surface area contributed by atoms with Crippen LogP contribution in [-0.4, -0.2) is 23.4 Å². The van der Waals surface area contributed by atoms with Crippen molar-refractivity contribution in [3.63, 3.8) is 0 Å². The second-order valence-electron chi connectivity index (χ2n) is 5.14. The van der Waals surface area contributed by atoms with Crippen LogP contribution in [0, 0.1) is 5.41 Å². The first-order chi connectivity index (χ1) is 8.89. The summed E-state index contributed by atoms with van der Waals surface area (Å²) in [5.74, 6) is -1.04. The summed E-state index contributed by atoms with van der Waals surface area (Å²) in [6.07, 6.45) is 3.77. The lowest BCUT2D eigenvalue weighted by Crippen LogP contribution is -2.19. The van der Waals surface area contributed by atoms with Crippen LogP contribution in [0.1, 0.15) is 26.3 Å². The van der Waals surface area contributed by atoms with Crippen molar-refractivity contribution in [3.05, 3.63) is 42.0 Å². The van der Waals surface area contributed by atoms with Gasteiger partial charge in [-0.05, 0) is 11.6 Å². The minimum absolute atomic E-state index is 0.218. The third-order valence-corrected chi connectivity index (χ3v) is 2.35. The molecule has 0 radical (unpaired) electrons. The molecule has 0 aliphatic heterocycles. The molecule has 1 aromatic carbocycles. The summed E-state index contributed by atoms with van der Waals surface area (Å²) >= 11 is 0. The van der Waals surface area contributed by atoms with E-state index in [0.29, 0.717) is 5.71 Å². The van der Waals surface area contributed by atoms with Gasteiger partial charge in [-0.25, -0.2) is 4.79 Å². The molecule has 19 heavy (non-hydrogen) atoms. The average molecular weight is 261 g/mol. The second-order valence-corrected chi connectivity index (χ2v) is 5.14. The highest BCUT2D eigenvalue weighted by atomic mass is 16.6. The molecule has 1 rings (SSSR count). The molecule has 0 aromatic heterocycles. The Balaban J connectivity index is 2.81. The maximum atomic E-state index is 10.4. The lowest BCUT2D eigenvalue weighted by molar-refractivity contribution is -0.142. The zero-order valence-electron chi connectivity index (χ0n) is 11.5. The molecule has 0 saturated heterocycles. The molecule has 0 aliphatic rings. The van der Waals surface area contributed by atoms with Gasteiger partial charge in [-0.2, -0.15) is 0 Å². The molecule has 0 unspecified atom stereocenters. The normalized spacial score (nSPS) is 12.7. The minimum Gasteiger partial charge on any atom is -0.479 e. The molecule has 0 saturated carbocycles. The number of aliphatic carboxylic acids is 1. The second kappa shape index (κ2) is 6.73. The van der Waals surface area contributed by atoms with Crippen LogP contribution in [-0.2, 0) is 9.63 Å². The molecule has 1 aromatic rings. The van der Waals surface area contributed by atoms with E-state index in [1.165, 1.54) is 0 Å². The maximum Gasteiger partial charge on any atom is 0.344 e. The fourth-order valence-electron chi connectivity index (χ4n) is 1.31. The summed E-state index contributed by atoms with van der Waals surface area (Å²) in [4.78, 5) is 15.2. The zero-order valence-corrected chi connectivity index (χ0v) is 11.5. The Morgan fingerprint density at radius 2 is 1.95 bits per heavy atom. The van der Waals surface area contributed by atoms with Crippen molar-refractivity contribution in [2.24, 2.45) is 10.6 Å². The molecule has 0 atom stereocenters. The highest BCUT2D eigenvalue weighted by Crippen LogP contribution is 2.18. The highest BCUT2D eigenvalue weighted by Gasteiger charge is 2.17. The van der Waals surface area contributed by atoms with Crippen molar-refractivity contribution in [1.29, 1.82) is 0 Å². The first-order valence-electron chi connectivity index (χ1n) is 6.05. The molecule has 102 valence electrons. The third-order valence-electron chi connectivity index (χ3n) is 2.35. The average Bonchev–Trinajstić information content (AvgIpc) is 2.33. The Morgan fingerprint density at radius 1 is 1.32 bits per heavy atom. The van der Waals surface area contributed by atoms with E-state index >= 15 is 0 Å². The number of hydrogen-bond acceptors (Lipinski definition) is 3. The summed E-state index contributed by atoms with van der Waals surface area (Å²) in [5.41, 5.74) is 1.53. The van der Waals surface area contributed by atoms with Gasteiger partial charge in [0.15, 0.2) is 0 Å². The number of hydrogen-bond donors (Lipinski definition) is 1. The number of rotatable bonds is 5. The maximum absolute atomic E-state index is 10.4. The van der Waals surface area contributed by atoms with Gasteiger partial charge < -0.3 is 9.94 Å². The number of allylic oxidation sites excluding steroid dienone is 1. The summed E-state index contributed by atoms with van der Waals surface area (Å²) in [7, 11) is 0. The predicted molar refractivity (Wildman–Crippen MR) is 76.0 cm³/mol. The van der Waals surface area contributed by atoms with Crippen molar-refractivity contribution in [3.8, 4) is 0 Å². The van der Waals surface area contributed by atoms with Gasteiger partial charge in [-0.3, -0.25) is 0 Å². The lowest BCUT2D eigenvalue weighted by atomic mass is 9.89. The van der Waals surface area contributed by atoms with Crippen LogP contribution in [0.3, 0.4) is 0 Å². The Bertz CT molecular complexity index is 470. The van der Waals surface area contributed by atoms with Crippen molar-refractivity contribution >= 4 is 17.8 Å². The summed E-state index contributed by atoms with van der Waals surface area (Å²) in [5, 5.41) is 12.4. The number of carboxylic acids is 1. The van der Waals surface area contributed by atoms with Gasteiger partial charge in [0, 0.05) is 5.41 Å². The van der Waals surface area contributed by atoms with Crippen LogP contribution >= 0.6 is 0 Å². The molecule has 0 heterocycles. The Hall–Kier alpha value is -2.10. The molecule has 1 N–H and O–H groups in total. The lowest BCUT2D eigenvalue weighted by Gasteiger charge is -2.17. The van der Waals surface area contributed by atoms with Gasteiger partial charge in [0.25, 0.3) is 0 Å². The van der Waals surface area contributed by atoms with Crippen molar-refractivity contribution in [2.75, 3.05) is 6.61 Å². The minimum atomic E-state index is -1.04. The van der Waals surface area contributed by atoms with Crippen LogP contribution in [0.25, 0.3) is 6.08 Å². The molecular formula is C15H19NO3. The Kier molecular flexibility index (Phi) is 5.30. The van der Waals surface area contributed by atoms with E-state index in [9.17, 15) is 4.79 Å². The predicted octanol–water partition coefficient (Wildman–Crippen LogP) is 3.20. The number of carbonyl (C=O) groups is 1. The fourth-order valence-corrected chi connectivity index (χ4v) is 1.31. The van der Waals surface area contributed by atoms with Crippen LogP contribution in [0.2, 0.25) is 0 Å². The molecule has 0 fully saturated rings. The van der Waals surface area contributed by atoms with Gasteiger partial charge in [-0.1, -0.05) is 62.3 Å². The first-order valence-corrected chi connectivity index (χ1v) is 6.05. The number of benzene rings is 1. The largest absolute Gasteiger partial charge is 0.479 e. The quantitative estimate of drug-likeness (QED) is 0.654. The standard InChI is InChI=1S/C15H19NO3/c1-15(2,3)13(16-19-11-14(17)18)10-9-12-7-5-4-6-8-12/h4-10H,11H2,1-3H3,(H,17,18)/b10-9+,16-13+. The van der Waals surface area contributed by atoms with Gasteiger partial charge in [-0.15, -0.1) is 0 Å². The van der Waals surface area contributed by atoms with Gasteiger partial charge in [0.05, 0.1) is 5.71 Å². The van der Waals surface area contributed by atoms with Crippen LogP contribution in [0.5, 0.6) is 0 Å². The van der Waals surface area contributed by atoms with E-state index in [1.54, 1.807) is 0 Å². The van der Waals surface area contributed by atoms with Gasteiger partial charge in [0.2, 0.25) is 6.61 Å². The van der Waals surface area contributed by atoms with E-state index in [2.05, 4.69) is 5.16 Å². The zero-order chi connectivity index (χ0) is 14.3. The van der Waals surface area contributed by atoms with Crippen LogP contribution < -0.4 is 0 Å². The first kappa shape index (κ1) is 15.0. The van der Waals surface area contributed by atoms with E-state index in [0.717, 1.165) is 5.56 Å². The molecular weight excluding hydrogens is 242 g/mol. The van der Waals surface area contributed by atoms with Crippen molar-refractivity contribution in [1.82, 2.24) is 0 Å². The molecule has 4 heteroatoms. The molecule has 0 aliphatic carbocycles. The van der Waals surface area contributed by atoms with Gasteiger partial charge in [0.1, 0.15) is 0 Å². The fraction of sp³-hybridized carbons (Fsp3) is 0.333. The Morgan fingerprint density at radius 3 is 2.47 bits per heavy atom. The van der Waals surface area contributed by atoms with Crippen LogP contribution in [0.4, 0.5) is 0 Å². The molecule has 0 spiro atoms. The van der Waals surface area contributed by atoms with Crippen molar-refractivity contribution < 1.29 is 14.7 Å². The smallest absolute Gasteiger partial charge is 0.344 e. The summed E-state index contributed by atoms with van der Waals surface area (Å²) in [6.45, 7) is 5.54. The number of carboxylic acid groups (broad SMARTS) is 1. The third kappa shape index (κ3) is 5.86. The van der Waals surface area contributed by atoms with E-state index < -0.39 is 12.6 Å². The van der Waals surface area contributed by atoms with Gasteiger partial charge >= 0.3 is 5.97 Å². The summed E-state index contributed by atoms with van der Waals surface area (Å²) in [6, 6.07) is 9.82. The highest BCUT2D eigenvalue weighted by molar-refractivity contribution is 6.01. The van der Waals surface area contributed by atoms with E-state index in [4.69, 9.17) is 9.94 Å². The van der Waals surface area contributed by atoms with Crippen LogP contribution in [0.15, 0.2) is 41.6 Å². The Labute approximate surface area is 113 Å². The molecule has 4 nitrogen and oxygen atoms in total. The topological polar surface area (TPSA) is 58.9 Å². The van der Waals surface area contributed by atoms with E-state index in [-0.39, 0.29) is 5.41 Å². The van der Waals surface area contributed by atoms with E-state index in [1.807, 2.05) is 63.3 Å². The summed E-state index contributed by atoms with van der Waals surface area (Å²) < 4.78 is 0. The number of nitrogens with zero attached hydrogens (tertiary/aromatic N) is 1. The molecule has 0 bridgehead atoms. The molecule has 0 amide bonds. The van der Waals surface area contributed by atoms with Crippen molar-refractivity contribution in [2.45, 2.75) is 20.8 Å².